The van der Waals surface area contributed by atoms with Gasteiger partial charge in [-0.3, -0.25) is 4.79 Å². The molecule has 0 amide bonds. The number of ether oxygens (including phenoxy) is 2. The molecule has 1 aliphatic carbocycles. The Hall–Kier alpha value is -1.23. The third-order valence-corrected chi connectivity index (χ3v) is 5.03. The van der Waals surface area contributed by atoms with Gasteiger partial charge in [-0.2, -0.15) is 0 Å². The SMILES string of the molecule is COc1c(C2(C(=O)O)CCCC2)cc(Br)c(C)c1OC. The number of hydrogen-bond donors (Lipinski definition) is 1. The molecule has 1 aromatic carbocycles. The minimum absolute atomic E-state index is 0.539. The lowest BCUT2D eigenvalue weighted by molar-refractivity contribution is -0.143. The molecule has 5 heteroatoms. The summed E-state index contributed by atoms with van der Waals surface area (Å²) in [5.74, 6) is 0.355. The molecule has 0 aliphatic heterocycles. The van der Waals surface area contributed by atoms with Crippen LogP contribution in [0, 0.1) is 6.92 Å². The van der Waals surface area contributed by atoms with Crippen molar-refractivity contribution in [2.24, 2.45) is 0 Å². The maximum atomic E-state index is 11.9. The van der Waals surface area contributed by atoms with Crippen molar-refractivity contribution in [1.29, 1.82) is 0 Å². The van der Waals surface area contributed by atoms with Crippen LogP contribution in [-0.2, 0) is 10.2 Å². The second-order valence-corrected chi connectivity index (χ2v) is 6.05. The topological polar surface area (TPSA) is 55.8 Å². The van der Waals surface area contributed by atoms with Crippen molar-refractivity contribution >= 4 is 21.9 Å². The Kier molecular flexibility index (Phi) is 4.28. The molecule has 1 N–H and O–H groups in total. The van der Waals surface area contributed by atoms with Crippen molar-refractivity contribution in [2.75, 3.05) is 14.2 Å². The predicted octanol–water partition coefficient (Wildman–Crippen LogP) is 3.67. The first-order valence-electron chi connectivity index (χ1n) is 6.63. The van der Waals surface area contributed by atoms with Crippen LogP contribution in [-0.4, -0.2) is 25.3 Å². The molecule has 1 aromatic rings. The minimum atomic E-state index is -0.866. The number of halogens is 1. The highest BCUT2D eigenvalue weighted by atomic mass is 79.9. The standard InChI is InChI=1S/C15H19BrO4/c1-9-11(16)8-10(13(20-3)12(9)19-2)15(14(17)18)6-4-5-7-15/h8H,4-7H2,1-3H3,(H,17,18). The molecule has 110 valence electrons. The van der Waals surface area contributed by atoms with Gasteiger partial charge < -0.3 is 14.6 Å². The highest BCUT2D eigenvalue weighted by Crippen LogP contribution is 2.50. The van der Waals surface area contributed by atoms with Gasteiger partial charge in [0.2, 0.25) is 0 Å². The van der Waals surface area contributed by atoms with Gasteiger partial charge in [-0.1, -0.05) is 28.8 Å². The van der Waals surface area contributed by atoms with E-state index in [9.17, 15) is 9.90 Å². The Labute approximate surface area is 127 Å². The Bertz CT molecular complexity index is 533. The van der Waals surface area contributed by atoms with E-state index in [1.54, 1.807) is 14.2 Å². The molecule has 4 nitrogen and oxygen atoms in total. The fraction of sp³-hybridized carbons (Fsp3) is 0.533. The van der Waals surface area contributed by atoms with E-state index in [1.165, 1.54) is 0 Å². The molecule has 20 heavy (non-hydrogen) atoms. The molecular formula is C15H19BrO4. The summed E-state index contributed by atoms with van der Waals surface area (Å²) >= 11 is 3.49. The lowest BCUT2D eigenvalue weighted by Crippen LogP contribution is -2.33. The van der Waals surface area contributed by atoms with Crippen molar-refractivity contribution in [2.45, 2.75) is 38.0 Å². The van der Waals surface area contributed by atoms with Crippen LogP contribution >= 0.6 is 15.9 Å². The van der Waals surface area contributed by atoms with E-state index in [2.05, 4.69) is 15.9 Å². The first-order valence-corrected chi connectivity index (χ1v) is 7.42. The molecule has 0 spiro atoms. The Morgan fingerprint density at radius 2 is 1.80 bits per heavy atom. The maximum Gasteiger partial charge on any atom is 0.314 e. The first kappa shape index (κ1) is 15.2. The fourth-order valence-corrected chi connectivity index (χ4v) is 3.49. The molecule has 0 bridgehead atoms. The zero-order chi connectivity index (χ0) is 14.9. The van der Waals surface area contributed by atoms with Crippen LogP contribution in [0.15, 0.2) is 10.5 Å². The van der Waals surface area contributed by atoms with E-state index in [-0.39, 0.29) is 0 Å². The van der Waals surface area contributed by atoms with E-state index >= 15 is 0 Å². The summed E-state index contributed by atoms with van der Waals surface area (Å²) in [5, 5.41) is 9.75. The van der Waals surface area contributed by atoms with E-state index in [0.717, 1.165) is 22.9 Å². The molecule has 0 saturated heterocycles. The molecule has 2 rings (SSSR count). The lowest BCUT2D eigenvalue weighted by atomic mass is 9.78. The summed E-state index contributed by atoms with van der Waals surface area (Å²) < 4.78 is 11.8. The van der Waals surface area contributed by atoms with E-state index in [1.807, 2.05) is 13.0 Å². The van der Waals surface area contributed by atoms with Crippen molar-refractivity contribution < 1.29 is 19.4 Å². The molecule has 0 atom stereocenters. The van der Waals surface area contributed by atoms with E-state index < -0.39 is 11.4 Å². The summed E-state index contributed by atoms with van der Waals surface area (Å²) in [5.41, 5.74) is 0.750. The third kappa shape index (κ3) is 2.18. The summed E-state index contributed by atoms with van der Waals surface area (Å²) in [4.78, 5) is 11.9. The van der Waals surface area contributed by atoms with Crippen LogP contribution in [0.2, 0.25) is 0 Å². The highest BCUT2D eigenvalue weighted by Gasteiger charge is 2.46. The van der Waals surface area contributed by atoms with Gasteiger partial charge in [-0.15, -0.1) is 0 Å². The van der Waals surface area contributed by atoms with E-state index in [4.69, 9.17) is 9.47 Å². The fourth-order valence-electron chi connectivity index (χ4n) is 3.08. The van der Waals surface area contributed by atoms with Crippen LogP contribution in [0.5, 0.6) is 11.5 Å². The zero-order valence-electron chi connectivity index (χ0n) is 12.0. The molecule has 1 fully saturated rings. The zero-order valence-corrected chi connectivity index (χ0v) is 13.5. The molecule has 1 saturated carbocycles. The second kappa shape index (κ2) is 5.64. The van der Waals surface area contributed by atoms with Crippen molar-refractivity contribution in [3.63, 3.8) is 0 Å². The molecule has 1 aliphatic rings. The van der Waals surface area contributed by atoms with Crippen molar-refractivity contribution in [1.82, 2.24) is 0 Å². The Balaban J connectivity index is 2.72. The summed E-state index contributed by atoms with van der Waals surface area (Å²) in [7, 11) is 3.13. The second-order valence-electron chi connectivity index (χ2n) is 5.19. The minimum Gasteiger partial charge on any atom is -0.493 e. The number of rotatable bonds is 4. The number of hydrogen-bond acceptors (Lipinski definition) is 3. The first-order chi connectivity index (χ1) is 9.47. The van der Waals surface area contributed by atoms with Crippen LogP contribution in [0.4, 0.5) is 0 Å². The van der Waals surface area contributed by atoms with Gasteiger partial charge in [-0.25, -0.2) is 0 Å². The number of carboxylic acids is 1. The van der Waals surface area contributed by atoms with Gasteiger partial charge in [0, 0.05) is 15.6 Å². The average Bonchev–Trinajstić information content (AvgIpc) is 2.91. The lowest BCUT2D eigenvalue weighted by Gasteiger charge is -2.28. The largest absolute Gasteiger partial charge is 0.493 e. The number of benzene rings is 1. The highest BCUT2D eigenvalue weighted by molar-refractivity contribution is 9.10. The van der Waals surface area contributed by atoms with Gasteiger partial charge >= 0.3 is 5.97 Å². The maximum absolute atomic E-state index is 11.9. The number of carboxylic acid groups (broad SMARTS) is 1. The van der Waals surface area contributed by atoms with Crippen molar-refractivity contribution in [3.8, 4) is 11.5 Å². The summed E-state index contributed by atoms with van der Waals surface area (Å²) in [6, 6.07) is 1.87. The summed E-state index contributed by atoms with van der Waals surface area (Å²) in [6.07, 6.45) is 3.11. The van der Waals surface area contributed by atoms with Gasteiger partial charge in [-0.05, 0) is 25.8 Å². The number of carbonyl (C=O) groups is 1. The van der Waals surface area contributed by atoms with Crippen LogP contribution < -0.4 is 9.47 Å². The average molecular weight is 343 g/mol. The number of aliphatic carboxylic acids is 1. The Morgan fingerprint density at radius 1 is 1.25 bits per heavy atom. The van der Waals surface area contributed by atoms with Gasteiger partial charge in [0.15, 0.2) is 11.5 Å². The molecule has 0 radical (unpaired) electrons. The Morgan fingerprint density at radius 3 is 2.25 bits per heavy atom. The predicted molar refractivity (Wildman–Crippen MR) is 79.8 cm³/mol. The quantitative estimate of drug-likeness (QED) is 0.906. The summed E-state index contributed by atoms with van der Waals surface area (Å²) in [6.45, 7) is 1.91. The normalized spacial score (nSPS) is 17.0. The number of methoxy groups -OCH3 is 2. The van der Waals surface area contributed by atoms with E-state index in [0.29, 0.717) is 29.9 Å². The monoisotopic (exact) mass is 342 g/mol. The van der Waals surface area contributed by atoms with Crippen molar-refractivity contribution in [3.05, 3.63) is 21.7 Å². The molecular weight excluding hydrogens is 324 g/mol. The third-order valence-electron chi connectivity index (χ3n) is 4.21. The van der Waals surface area contributed by atoms with Gasteiger partial charge in [0.05, 0.1) is 19.6 Å². The molecule has 0 aromatic heterocycles. The molecule has 0 heterocycles. The van der Waals surface area contributed by atoms with Crippen LogP contribution in [0.25, 0.3) is 0 Å². The van der Waals surface area contributed by atoms with Crippen LogP contribution in [0.3, 0.4) is 0 Å². The van der Waals surface area contributed by atoms with Gasteiger partial charge in [0.1, 0.15) is 0 Å². The van der Waals surface area contributed by atoms with Gasteiger partial charge in [0.25, 0.3) is 0 Å². The smallest absolute Gasteiger partial charge is 0.314 e. The molecule has 0 unspecified atom stereocenters. The van der Waals surface area contributed by atoms with Crippen LogP contribution in [0.1, 0.15) is 36.8 Å².